The second kappa shape index (κ2) is 4.62. The van der Waals surface area contributed by atoms with Crippen molar-refractivity contribution < 1.29 is 9.53 Å². The van der Waals surface area contributed by atoms with Crippen LogP contribution in [0.4, 0.5) is 4.79 Å². The van der Waals surface area contributed by atoms with Crippen LogP contribution in [0.3, 0.4) is 0 Å². The van der Waals surface area contributed by atoms with Crippen molar-refractivity contribution in [1.82, 2.24) is 9.80 Å². The van der Waals surface area contributed by atoms with Crippen LogP contribution in [0, 0.1) is 5.92 Å². The normalized spacial score (nSPS) is 18.9. The Kier molecular flexibility index (Phi) is 3.84. The Labute approximate surface area is 98.5 Å². The number of hydrogen-bond donors (Lipinski definition) is 0. The maximum absolute atomic E-state index is 12.0. The van der Waals surface area contributed by atoms with Crippen LogP contribution in [0.5, 0.6) is 0 Å². The molecule has 1 aliphatic heterocycles. The summed E-state index contributed by atoms with van der Waals surface area (Å²) >= 11 is 0. The van der Waals surface area contributed by atoms with E-state index in [4.69, 9.17) is 4.74 Å². The van der Waals surface area contributed by atoms with Gasteiger partial charge in [-0.15, -0.1) is 0 Å². The summed E-state index contributed by atoms with van der Waals surface area (Å²) in [7, 11) is 3.57. The molecule has 0 N–H and O–H groups in total. The molecule has 4 heteroatoms. The Balaban J connectivity index is 2.55. The van der Waals surface area contributed by atoms with Crippen molar-refractivity contribution in [3.63, 3.8) is 0 Å². The number of methoxy groups -OCH3 is 1. The summed E-state index contributed by atoms with van der Waals surface area (Å²) in [5.74, 6) is 0.436. The van der Waals surface area contributed by atoms with Gasteiger partial charge in [0.15, 0.2) is 0 Å². The smallest absolute Gasteiger partial charge is 0.320 e. The van der Waals surface area contributed by atoms with Crippen molar-refractivity contribution in [3.8, 4) is 0 Å². The van der Waals surface area contributed by atoms with Gasteiger partial charge in [0.05, 0.1) is 13.1 Å². The van der Waals surface area contributed by atoms with Crippen LogP contribution in [-0.4, -0.2) is 54.7 Å². The number of likely N-dealkylation sites (tertiary alicyclic amines) is 1. The summed E-state index contributed by atoms with van der Waals surface area (Å²) in [6.07, 6.45) is 0. The van der Waals surface area contributed by atoms with Crippen LogP contribution in [0.15, 0.2) is 0 Å². The van der Waals surface area contributed by atoms with E-state index in [9.17, 15) is 4.79 Å². The van der Waals surface area contributed by atoms with Crippen molar-refractivity contribution in [2.24, 2.45) is 5.92 Å². The first kappa shape index (κ1) is 13.3. The molecule has 1 fully saturated rings. The lowest BCUT2D eigenvalue weighted by molar-refractivity contribution is -0.137. The molecule has 0 atom stereocenters. The quantitative estimate of drug-likeness (QED) is 0.738. The zero-order valence-electron chi connectivity index (χ0n) is 11.3. The van der Waals surface area contributed by atoms with Crippen molar-refractivity contribution in [1.29, 1.82) is 0 Å². The highest BCUT2D eigenvalue weighted by molar-refractivity contribution is 5.75. The third kappa shape index (κ3) is 2.17. The number of carbonyl (C=O) groups excluding carboxylic acids is 1. The highest BCUT2D eigenvalue weighted by atomic mass is 16.5. The molecule has 1 saturated heterocycles. The number of amides is 2. The number of urea groups is 1. The molecule has 16 heavy (non-hydrogen) atoms. The summed E-state index contributed by atoms with van der Waals surface area (Å²) in [5, 5.41) is 0. The summed E-state index contributed by atoms with van der Waals surface area (Å²) in [6, 6.07) is 0.340. The van der Waals surface area contributed by atoms with Crippen molar-refractivity contribution in [3.05, 3.63) is 0 Å². The molecule has 4 nitrogen and oxygen atoms in total. The highest BCUT2D eigenvalue weighted by Crippen LogP contribution is 2.32. The Morgan fingerprint density at radius 2 is 1.81 bits per heavy atom. The topological polar surface area (TPSA) is 32.8 Å². The number of carbonyl (C=O) groups is 1. The number of rotatable bonds is 3. The van der Waals surface area contributed by atoms with Crippen LogP contribution < -0.4 is 0 Å². The lowest BCUT2D eigenvalue weighted by atomic mass is 9.83. The first-order chi connectivity index (χ1) is 7.34. The molecule has 0 saturated carbocycles. The van der Waals surface area contributed by atoms with Gasteiger partial charge < -0.3 is 14.5 Å². The van der Waals surface area contributed by atoms with Gasteiger partial charge in [-0.1, -0.05) is 13.8 Å². The number of nitrogens with zero attached hydrogens (tertiary/aromatic N) is 2. The molecule has 94 valence electrons. The fourth-order valence-corrected chi connectivity index (χ4v) is 1.91. The van der Waals surface area contributed by atoms with Gasteiger partial charge in [-0.25, -0.2) is 4.79 Å². The minimum Gasteiger partial charge on any atom is -0.374 e. The lowest BCUT2D eigenvalue weighted by Crippen LogP contribution is -2.68. The third-order valence-corrected chi connectivity index (χ3v) is 3.72. The molecule has 0 aromatic rings. The van der Waals surface area contributed by atoms with E-state index in [0.29, 0.717) is 19.0 Å². The molecule has 2 amide bonds. The van der Waals surface area contributed by atoms with E-state index >= 15 is 0 Å². The van der Waals surface area contributed by atoms with Crippen LogP contribution in [0.25, 0.3) is 0 Å². The molecule has 0 spiro atoms. The molecule has 0 bridgehead atoms. The largest absolute Gasteiger partial charge is 0.374 e. The zero-order valence-corrected chi connectivity index (χ0v) is 11.3. The van der Waals surface area contributed by atoms with Crippen molar-refractivity contribution in [2.45, 2.75) is 39.3 Å². The second-order valence-corrected chi connectivity index (χ2v) is 5.27. The summed E-state index contributed by atoms with van der Waals surface area (Å²) in [4.78, 5) is 15.6. The number of hydrogen-bond acceptors (Lipinski definition) is 2. The van der Waals surface area contributed by atoms with Gasteiger partial charge in [-0.3, -0.25) is 0 Å². The Hall–Kier alpha value is -0.770. The van der Waals surface area contributed by atoms with Gasteiger partial charge in [-0.05, 0) is 19.8 Å². The monoisotopic (exact) mass is 228 g/mol. The molecule has 0 radical (unpaired) electrons. The van der Waals surface area contributed by atoms with Crippen LogP contribution in [0.2, 0.25) is 0 Å². The standard InChI is InChI=1S/C12H24N2O2/c1-9(2)12(16-6)7-14(8-12)11(15)13(5)10(3)4/h9-10H,7-8H2,1-6H3. The zero-order chi connectivity index (χ0) is 12.5. The van der Waals surface area contributed by atoms with E-state index in [1.165, 1.54) is 0 Å². The average molecular weight is 228 g/mol. The van der Waals surface area contributed by atoms with Crippen LogP contribution in [-0.2, 0) is 4.74 Å². The van der Waals surface area contributed by atoms with Gasteiger partial charge in [0, 0.05) is 20.2 Å². The molecule has 0 aromatic carbocycles. The number of ether oxygens (including phenoxy) is 1. The van der Waals surface area contributed by atoms with Gasteiger partial charge in [-0.2, -0.15) is 0 Å². The predicted molar refractivity (Wildman–Crippen MR) is 64.4 cm³/mol. The first-order valence-corrected chi connectivity index (χ1v) is 5.91. The van der Waals surface area contributed by atoms with E-state index < -0.39 is 0 Å². The fraction of sp³-hybridized carbons (Fsp3) is 0.917. The van der Waals surface area contributed by atoms with E-state index in [0.717, 1.165) is 0 Å². The Morgan fingerprint density at radius 1 is 1.31 bits per heavy atom. The van der Waals surface area contributed by atoms with E-state index in [-0.39, 0.29) is 17.7 Å². The first-order valence-electron chi connectivity index (χ1n) is 5.91. The minimum absolute atomic E-state index is 0.100. The molecule has 1 aliphatic rings. The lowest BCUT2D eigenvalue weighted by Gasteiger charge is -2.52. The molecule has 0 unspecified atom stereocenters. The van der Waals surface area contributed by atoms with E-state index in [2.05, 4.69) is 13.8 Å². The summed E-state index contributed by atoms with van der Waals surface area (Å²) in [5.41, 5.74) is -0.131. The third-order valence-electron chi connectivity index (χ3n) is 3.72. The molecule has 0 aliphatic carbocycles. The van der Waals surface area contributed by atoms with Crippen molar-refractivity contribution >= 4 is 6.03 Å². The fourth-order valence-electron chi connectivity index (χ4n) is 1.91. The summed E-state index contributed by atoms with van der Waals surface area (Å²) < 4.78 is 5.54. The van der Waals surface area contributed by atoms with Crippen molar-refractivity contribution in [2.75, 3.05) is 27.2 Å². The Bertz CT molecular complexity index is 258. The van der Waals surface area contributed by atoms with Gasteiger partial charge in [0.25, 0.3) is 0 Å². The van der Waals surface area contributed by atoms with E-state index in [1.807, 2.05) is 25.8 Å². The van der Waals surface area contributed by atoms with Gasteiger partial charge >= 0.3 is 6.03 Å². The average Bonchev–Trinajstić information content (AvgIpc) is 2.14. The molecular weight excluding hydrogens is 204 g/mol. The molecular formula is C12H24N2O2. The SMILES string of the molecule is COC1(C(C)C)CN(C(=O)N(C)C(C)C)C1. The summed E-state index contributed by atoms with van der Waals surface area (Å²) in [6.45, 7) is 9.72. The maximum Gasteiger partial charge on any atom is 0.320 e. The molecule has 0 aromatic heterocycles. The molecule has 1 rings (SSSR count). The molecule has 1 heterocycles. The van der Waals surface area contributed by atoms with Crippen LogP contribution in [0.1, 0.15) is 27.7 Å². The second-order valence-electron chi connectivity index (χ2n) is 5.27. The maximum atomic E-state index is 12.0. The predicted octanol–water partition coefficient (Wildman–Crippen LogP) is 1.80. The highest BCUT2D eigenvalue weighted by Gasteiger charge is 2.48. The minimum atomic E-state index is -0.131. The Morgan fingerprint density at radius 3 is 2.12 bits per heavy atom. The van der Waals surface area contributed by atoms with Gasteiger partial charge in [0.2, 0.25) is 0 Å². The van der Waals surface area contributed by atoms with Gasteiger partial charge in [0.1, 0.15) is 5.60 Å². The van der Waals surface area contributed by atoms with E-state index in [1.54, 1.807) is 12.0 Å². The van der Waals surface area contributed by atoms with Crippen LogP contribution >= 0.6 is 0 Å².